The topological polar surface area (TPSA) is 52.3 Å². The zero-order valence-electron chi connectivity index (χ0n) is 9.19. The minimum atomic E-state index is -0.553. The molecule has 1 unspecified atom stereocenters. The lowest BCUT2D eigenvalue weighted by Crippen LogP contribution is -2.09. The van der Waals surface area contributed by atoms with Crippen molar-refractivity contribution in [3.05, 3.63) is 58.4 Å². The van der Waals surface area contributed by atoms with E-state index in [1.54, 1.807) is 30.3 Å². The van der Waals surface area contributed by atoms with Gasteiger partial charge in [0.15, 0.2) is 16.1 Å². The second-order valence-corrected chi connectivity index (χ2v) is 4.71. The van der Waals surface area contributed by atoms with Gasteiger partial charge in [-0.05, 0) is 40.2 Å². The predicted molar refractivity (Wildman–Crippen MR) is 68.6 cm³/mol. The molecule has 92 valence electrons. The van der Waals surface area contributed by atoms with Crippen LogP contribution in [0.4, 0.5) is 4.39 Å². The molecule has 5 heteroatoms. The van der Waals surface area contributed by atoms with Gasteiger partial charge in [0.05, 0.1) is 0 Å². The monoisotopic (exact) mass is 309 g/mol. The Bertz CT molecular complexity index is 704. The Morgan fingerprint density at radius 1 is 1.11 bits per heavy atom. The minimum absolute atomic E-state index is 0.216. The van der Waals surface area contributed by atoms with Crippen LogP contribution in [0.25, 0.3) is 11.0 Å². The highest BCUT2D eigenvalue weighted by Gasteiger charge is 2.18. The quantitative estimate of drug-likeness (QED) is 0.779. The molecule has 0 spiro atoms. The van der Waals surface area contributed by atoms with E-state index in [0.717, 1.165) is 0 Å². The van der Waals surface area contributed by atoms with Crippen molar-refractivity contribution < 1.29 is 13.2 Å². The van der Waals surface area contributed by atoms with Gasteiger partial charge in [-0.1, -0.05) is 12.1 Å². The molecule has 1 aromatic carbocycles. The molecule has 2 aromatic heterocycles. The largest absolute Gasteiger partial charge is 0.456 e. The maximum absolute atomic E-state index is 13.5. The van der Waals surface area contributed by atoms with Crippen LogP contribution in [0.15, 0.2) is 49.9 Å². The van der Waals surface area contributed by atoms with Gasteiger partial charge in [-0.15, -0.1) is 0 Å². The molecule has 3 nitrogen and oxygen atoms in total. The molecule has 0 fully saturated rings. The third kappa shape index (κ3) is 1.85. The highest BCUT2D eigenvalue weighted by molar-refractivity contribution is 9.10. The Balaban J connectivity index is 2.06. The molecule has 18 heavy (non-hydrogen) atoms. The Hall–Kier alpha value is -1.59. The highest BCUT2D eigenvalue weighted by atomic mass is 79.9. The first kappa shape index (κ1) is 11.5. The summed E-state index contributed by atoms with van der Waals surface area (Å²) in [7, 11) is 0. The van der Waals surface area contributed by atoms with E-state index in [1.165, 1.54) is 6.07 Å². The molecule has 0 aliphatic carbocycles. The number of halogens is 2. The minimum Gasteiger partial charge on any atom is -0.456 e. The van der Waals surface area contributed by atoms with Gasteiger partial charge in [0, 0.05) is 5.39 Å². The lowest BCUT2D eigenvalue weighted by Gasteiger charge is -2.03. The van der Waals surface area contributed by atoms with Crippen LogP contribution in [0.1, 0.15) is 17.6 Å². The Morgan fingerprint density at radius 2 is 1.94 bits per heavy atom. The summed E-state index contributed by atoms with van der Waals surface area (Å²) in [5, 5.41) is 0.686. The van der Waals surface area contributed by atoms with Crippen molar-refractivity contribution in [2.45, 2.75) is 6.04 Å². The summed E-state index contributed by atoms with van der Waals surface area (Å²) in [6.07, 6.45) is 0. The SMILES string of the molecule is NC(c1ccc(Br)o1)c1cc2cccc(F)c2o1. The average molecular weight is 310 g/mol. The van der Waals surface area contributed by atoms with Gasteiger partial charge < -0.3 is 14.6 Å². The van der Waals surface area contributed by atoms with Crippen LogP contribution in [0, 0.1) is 5.82 Å². The lowest BCUT2D eigenvalue weighted by atomic mass is 10.1. The molecule has 0 saturated carbocycles. The second-order valence-electron chi connectivity index (χ2n) is 3.93. The molecule has 0 bridgehead atoms. The number of para-hydroxylation sites is 1. The molecule has 0 saturated heterocycles. The summed E-state index contributed by atoms with van der Waals surface area (Å²) in [5.74, 6) is 0.630. The Morgan fingerprint density at radius 3 is 2.61 bits per heavy atom. The molecule has 0 radical (unpaired) electrons. The van der Waals surface area contributed by atoms with Crippen molar-refractivity contribution >= 4 is 26.9 Å². The van der Waals surface area contributed by atoms with E-state index in [-0.39, 0.29) is 5.58 Å². The van der Waals surface area contributed by atoms with Crippen LogP contribution < -0.4 is 5.73 Å². The molecule has 3 aromatic rings. The zero-order chi connectivity index (χ0) is 12.7. The predicted octanol–water partition coefficient (Wildman–Crippen LogP) is 3.98. The van der Waals surface area contributed by atoms with Crippen LogP contribution in [0.5, 0.6) is 0 Å². The van der Waals surface area contributed by atoms with Crippen LogP contribution in [0.3, 0.4) is 0 Å². The third-order valence-electron chi connectivity index (χ3n) is 2.72. The fourth-order valence-electron chi connectivity index (χ4n) is 1.84. The van der Waals surface area contributed by atoms with Crippen LogP contribution in [-0.2, 0) is 0 Å². The number of fused-ring (bicyclic) bond motifs is 1. The number of hydrogen-bond donors (Lipinski definition) is 1. The van der Waals surface area contributed by atoms with Gasteiger partial charge in [0.1, 0.15) is 17.6 Å². The van der Waals surface area contributed by atoms with Crippen molar-refractivity contribution in [2.75, 3.05) is 0 Å². The molecule has 0 amide bonds. The fourth-order valence-corrected chi connectivity index (χ4v) is 2.16. The second kappa shape index (κ2) is 4.26. The fraction of sp³-hybridized carbons (Fsp3) is 0.0769. The van der Waals surface area contributed by atoms with Crippen LogP contribution >= 0.6 is 15.9 Å². The van der Waals surface area contributed by atoms with Crippen LogP contribution in [0.2, 0.25) is 0 Å². The molecule has 3 rings (SSSR count). The van der Waals surface area contributed by atoms with E-state index in [9.17, 15) is 4.39 Å². The summed E-state index contributed by atoms with van der Waals surface area (Å²) < 4.78 is 24.9. The summed E-state index contributed by atoms with van der Waals surface area (Å²) in [4.78, 5) is 0. The van der Waals surface area contributed by atoms with Gasteiger partial charge >= 0.3 is 0 Å². The van der Waals surface area contributed by atoms with E-state index >= 15 is 0 Å². The van der Waals surface area contributed by atoms with Crippen molar-refractivity contribution in [3.63, 3.8) is 0 Å². The molecule has 0 aliphatic rings. The lowest BCUT2D eigenvalue weighted by molar-refractivity contribution is 0.429. The van der Waals surface area contributed by atoms with E-state index < -0.39 is 11.9 Å². The highest BCUT2D eigenvalue weighted by Crippen LogP contribution is 2.29. The number of nitrogens with two attached hydrogens (primary N) is 1. The van der Waals surface area contributed by atoms with Gasteiger partial charge in [0.2, 0.25) is 0 Å². The van der Waals surface area contributed by atoms with E-state index in [4.69, 9.17) is 14.6 Å². The Kier molecular flexibility index (Phi) is 2.72. The molecule has 2 heterocycles. The summed E-state index contributed by atoms with van der Waals surface area (Å²) in [5.41, 5.74) is 6.23. The van der Waals surface area contributed by atoms with E-state index in [1.807, 2.05) is 0 Å². The number of rotatable bonds is 2. The van der Waals surface area contributed by atoms with Gasteiger partial charge in [-0.25, -0.2) is 4.39 Å². The normalized spacial score (nSPS) is 13.1. The van der Waals surface area contributed by atoms with Crippen molar-refractivity contribution in [2.24, 2.45) is 5.73 Å². The molecule has 0 aliphatic heterocycles. The number of hydrogen-bond acceptors (Lipinski definition) is 3. The summed E-state index contributed by atoms with van der Waals surface area (Å²) in [6, 6.07) is 9.42. The third-order valence-corrected chi connectivity index (χ3v) is 3.15. The van der Waals surface area contributed by atoms with E-state index in [0.29, 0.717) is 21.6 Å². The van der Waals surface area contributed by atoms with Crippen molar-refractivity contribution in [1.82, 2.24) is 0 Å². The van der Waals surface area contributed by atoms with Crippen LogP contribution in [-0.4, -0.2) is 0 Å². The van der Waals surface area contributed by atoms with E-state index in [2.05, 4.69) is 15.9 Å². The summed E-state index contributed by atoms with van der Waals surface area (Å²) >= 11 is 3.21. The standard InChI is InChI=1S/C13H9BrFNO2/c14-11-5-4-9(17-11)12(16)10-6-7-2-1-3-8(15)13(7)18-10/h1-6,12H,16H2. The first-order valence-corrected chi connectivity index (χ1v) is 6.13. The molecular weight excluding hydrogens is 301 g/mol. The zero-order valence-corrected chi connectivity index (χ0v) is 10.8. The molecular formula is C13H9BrFNO2. The summed E-state index contributed by atoms with van der Waals surface area (Å²) in [6.45, 7) is 0. The molecule has 1 atom stereocenters. The number of benzene rings is 1. The first-order chi connectivity index (χ1) is 8.65. The van der Waals surface area contributed by atoms with Gasteiger partial charge in [0.25, 0.3) is 0 Å². The van der Waals surface area contributed by atoms with Gasteiger partial charge in [-0.3, -0.25) is 0 Å². The Labute approximate surface area is 110 Å². The maximum atomic E-state index is 13.5. The average Bonchev–Trinajstić information content (AvgIpc) is 2.95. The van der Waals surface area contributed by atoms with Crippen molar-refractivity contribution in [1.29, 1.82) is 0 Å². The number of furan rings is 2. The maximum Gasteiger partial charge on any atom is 0.169 e. The molecule has 2 N–H and O–H groups in total. The van der Waals surface area contributed by atoms with Gasteiger partial charge in [-0.2, -0.15) is 0 Å². The first-order valence-electron chi connectivity index (χ1n) is 5.34. The smallest absolute Gasteiger partial charge is 0.169 e. The van der Waals surface area contributed by atoms with Crippen molar-refractivity contribution in [3.8, 4) is 0 Å².